The molecule has 0 spiro atoms. The molecule has 2 N–H and O–H groups in total. The quantitative estimate of drug-likeness (QED) is 0.775. The van der Waals surface area contributed by atoms with E-state index in [1.807, 2.05) is 30.3 Å². The highest BCUT2D eigenvalue weighted by Gasteiger charge is 2.41. The fourth-order valence-electron chi connectivity index (χ4n) is 2.10. The van der Waals surface area contributed by atoms with E-state index >= 15 is 0 Å². The van der Waals surface area contributed by atoms with Gasteiger partial charge in [-0.1, -0.05) is 18.2 Å². The predicted molar refractivity (Wildman–Crippen MR) is 83.3 cm³/mol. The van der Waals surface area contributed by atoms with Crippen molar-refractivity contribution in [3.8, 4) is 0 Å². The first-order chi connectivity index (χ1) is 9.24. The Labute approximate surface area is 126 Å². The Bertz CT molecular complexity index is 408. The standard InChI is InChI=1S/C15H22N2O2.ClH/c1-19-10-9-15(7-8-15)12-17-14(18)11-16-13-5-3-2-4-6-13;/h2-6,16H,7-12H2,1H3,(H,17,18);1H. The maximum absolute atomic E-state index is 11.8. The zero-order valence-corrected chi connectivity index (χ0v) is 12.7. The molecular formula is C15H23ClN2O2. The van der Waals surface area contributed by atoms with Gasteiger partial charge in [-0.3, -0.25) is 4.79 Å². The summed E-state index contributed by atoms with van der Waals surface area (Å²) in [5, 5.41) is 6.12. The van der Waals surface area contributed by atoms with Crippen LogP contribution in [0.5, 0.6) is 0 Å². The van der Waals surface area contributed by atoms with Gasteiger partial charge in [0.1, 0.15) is 0 Å². The van der Waals surface area contributed by atoms with Gasteiger partial charge in [0, 0.05) is 25.9 Å². The second-order valence-electron chi connectivity index (χ2n) is 5.24. The summed E-state index contributed by atoms with van der Waals surface area (Å²) in [5.41, 5.74) is 1.27. The fourth-order valence-corrected chi connectivity index (χ4v) is 2.10. The van der Waals surface area contributed by atoms with Gasteiger partial charge in [0.25, 0.3) is 0 Å². The summed E-state index contributed by atoms with van der Waals surface area (Å²) in [6, 6.07) is 9.76. The van der Waals surface area contributed by atoms with Crippen molar-refractivity contribution in [1.29, 1.82) is 0 Å². The lowest BCUT2D eigenvalue weighted by atomic mass is 10.0. The predicted octanol–water partition coefficient (Wildman–Crippen LogP) is 2.45. The molecule has 1 saturated carbocycles. The van der Waals surface area contributed by atoms with Crippen molar-refractivity contribution in [3.63, 3.8) is 0 Å². The number of halogens is 1. The van der Waals surface area contributed by atoms with Crippen LogP contribution in [0.2, 0.25) is 0 Å². The average molecular weight is 299 g/mol. The van der Waals surface area contributed by atoms with Crippen molar-refractivity contribution < 1.29 is 9.53 Å². The minimum absolute atomic E-state index is 0. The first kappa shape index (κ1) is 16.8. The van der Waals surface area contributed by atoms with Gasteiger partial charge in [-0.2, -0.15) is 0 Å². The lowest BCUT2D eigenvalue weighted by Gasteiger charge is -2.15. The van der Waals surface area contributed by atoms with Crippen LogP contribution in [0.4, 0.5) is 5.69 Å². The van der Waals surface area contributed by atoms with E-state index in [2.05, 4.69) is 10.6 Å². The van der Waals surface area contributed by atoms with E-state index in [1.54, 1.807) is 7.11 Å². The van der Waals surface area contributed by atoms with Gasteiger partial charge in [-0.25, -0.2) is 0 Å². The van der Waals surface area contributed by atoms with E-state index in [0.29, 0.717) is 12.0 Å². The SMILES string of the molecule is COCCC1(CNC(=O)CNc2ccccc2)CC1.Cl. The molecule has 1 aliphatic rings. The van der Waals surface area contributed by atoms with Crippen molar-refractivity contribution in [2.45, 2.75) is 19.3 Å². The maximum atomic E-state index is 11.8. The molecule has 1 aromatic rings. The van der Waals surface area contributed by atoms with Crippen LogP contribution in [0.3, 0.4) is 0 Å². The molecule has 1 amide bonds. The van der Waals surface area contributed by atoms with E-state index in [9.17, 15) is 4.79 Å². The van der Waals surface area contributed by atoms with Crippen LogP contribution in [0.15, 0.2) is 30.3 Å². The molecule has 1 aliphatic carbocycles. The number of hydrogen-bond donors (Lipinski definition) is 2. The van der Waals surface area contributed by atoms with Crippen molar-refractivity contribution in [2.24, 2.45) is 5.41 Å². The van der Waals surface area contributed by atoms with Gasteiger partial charge < -0.3 is 15.4 Å². The van der Waals surface area contributed by atoms with E-state index in [4.69, 9.17) is 4.74 Å². The molecule has 0 aromatic heterocycles. The molecule has 1 fully saturated rings. The number of methoxy groups -OCH3 is 1. The Morgan fingerprint density at radius 3 is 2.60 bits per heavy atom. The summed E-state index contributed by atoms with van der Waals surface area (Å²) < 4.78 is 5.10. The number of carbonyl (C=O) groups excluding carboxylic acids is 1. The minimum Gasteiger partial charge on any atom is -0.385 e. The van der Waals surface area contributed by atoms with Gasteiger partial charge in [-0.05, 0) is 36.8 Å². The van der Waals surface area contributed by atoms with Crippen molar-refractivity contribution >= 4 is 24.0 Å². The number of amides is 1. The fraction of sp³-hybridized carbons (Fsp3) is 0.533. The summed E-state index contributed by atoms with van der Waals surface area (Å²) in [6.45, 7) is 1.87. The van der Waals surface area contributed by atoms with Gasteiger partial charge in [0.05, 0.1) is 6.54 Å². The minimum atomic E-state index is 0. The number of carbonyl (C=O) groups is 1. The van der Waals surface area contributed by atoms with Gasteiger partial charge in [-0.15, -0.1) is 12.4 Å². The highest BCUT2D eigenvalue weighted by Crippen LogP contribution is 2.48. The number of para-hydroxylation sites is 1. The number of rotatable bonds is 8. The van der Waals surface area contributed by atoms with Crippen LogP contribution in [-0.4, -0.2) is 32.7 Å². The third-order valence-electron chi connectivity index (χ3n) is 3.68. The van der Waals surface area contributed by atoms with Gasteiger partial charge in [0.15, 0.2) is 0 Å². The number of hydrogen-bond acceptors (Lipinski definition) is 3. The molecule has 0 radical (unpaired) electrons. The highest BCUT2D eigenvalue weighted by atomic mass is 35.5. The number of ether oxygens (including phenoxy) is 1. The largest absolute Gasteiger partial charge is 0.385 e. The second kappa shape index (κ2) is 8.12. The summed E-state index contributed by atoms with van der Waals surface area (Å²) in [5.74, 6) is 0.0487. The monoisotopic (exact) mass is 298 g/mol. The summed E-state index contributed by atoms with van der Waals surface area (Å²) >= 11 is 0. The Morgan fingerprint density at radius 1 is 1.30 bits per heavy atom. The molecule has 0 atom stereocenters. The smallest absolute Gasteiger partial charge is 0.239 e. The molecule has 0 heterocycles. The molecule has 20 heavy (non-hydrogen) atoms. The van der Waals surface area contributed by atoms with Crippen LogP contribution >= 0.6 is 12.4 Å². The second-order valence-corrected chi connectivity index (χ2v) is 5.24. The lowest BCUT2D eigenvalue weighted by molar-refractivity contribution is -0.119. The topological polar surface area (TPSA) is 50.4 Å². The van der Waals surface area contributed by atoms with Crippen molar-refractivity contribution in [1.82, 2.24) is 5.32 Å². The average Bonchev–Trinajstić information content (AvgIpc) is 3.22. The number of nitrogens with one attached hydrogen (secondary N) is 2. The molecule has 0 saturated heterocycles. The van der Waals surface area contributed by atoms with Crippen LogP contribution in [-0.2, 0) is 9.53 Å². The molecule has 0 unspecified atom stereocenters. The third kappa shape index (κ3) is 5.39. The molecule has 0 aliphatic heterocycles. The first-order valence-electron chi connectivity index (χ1n) is 6.79. The zero-order chi connectivity index (χ0) is 13.6. The van der Waals surface area contributed by atoms with E-state index in [-0.39, 0.29) is 18.3 Å². The third-order valence-corrected chi connectivity index (χ3v) is 3.68. The summed E-state index contributed by atoms with van der Waals surface area (Å²) in [7, 11) is 1.72. The van der Waals surface area contributed by atoms with Crippen molar-refractivity contribution in [3.05, 3.63) is 30.3 Å². The maximum Gasteiger partial charge on any atom is 0.239 e. The van der Waals surface area contributed by atoms with Crippen LogP contribution < -0.4 is 10.6 Å². The Kier molecular flexibility index (Phi) is 6.82. The normalized spacial score (nSPS) is 15.1. The Balaban J connectivity index is 0.00000200. The van der Waals surface area contributed by atoms with E-state index in [0.717, 1.165) is 25.3 Å². The van der Waals surface area contributed by atoms with Gasteiger partial charge >= 0.3 is 0 Å². The van der Waals surface area contributed by atoms with E-state index < -0.39 is 0 Å². The molecule has 4 nitrogen and oxygen atoms in total. The van der Waals surface area contributed by atoms with Crippen molar-refractivity contribution in [2.75, 3.05) is 32.1 Å². The number of anilines is 1. The molecule has 5 heteroatoms. The highest BCUT2D eigenvalue weighted by molar-refractivity contribution is 5.85. The van der Waals surface area contributed by atoms with Crippen LogP contribution in [0.1, 0.15) is 19.3 Å². The lowest BCUT2D eigenvalue weighted by Crippen LogP contribution is -2.34. The molecule has 2 rings (SSSR count). The summed E-state index contributed by atoms with van der Waals surface area (Å²) in [6.07, 6.45) is 3.43. The van der Waals surface area contributed by atoms with E-state index in [1.165, 1.54) is 12.8 Å². The Morgan fingerprint density at radius 2 is 2.00 bits per heavy atom. The Hall–Kier alpha value is -1.26. The molecule has 1 aromatic carbocycles. The summed E-state index contributed by atoms with van der Waals surface area (Å²) in [4.78, 5) is 11.8. The van der Waals surface area contributed by atoms with Gasteiger partial charge in [0.2, 0.25) is 5.91 Å². The number of benzene rings is 1. The van der Waals surface area contributed by atoms with Crippen LogP contribution in [0, 0.1) is 5.41 Å². The molecule has 112 valence electrons. The van der Waals surface area contributed by atoms with Crippen LogP contribution in [0.25, 0.3) is 0 Å². The first-order valence-corrected chi connectivity index (χ1v) is 6.79. The zero-order valence-electron chi connectivity index (χ0n) is 11.9. The molecular weight excluding hydrogens is 276 g/mol. The molecule has 0 bridgehead atoms.